The van der Waals surface area contributed by atoms with Gasteiger partial charge in [0, 0.05) is 18.4 Å². The van der Waals surface area contributed by atoms with Crippen LogP contribution in [0.3, 0.4) is 0 Å². The van der Waals surface area contributed by atoms with Crippen molar-refractivity contribution in [3.05, 3.63) is 37.0 Å². The highest BCUT2D eigenvalue weighted by Gasteiger charge is 2.03. The summed E-state index contributed by atoms with van der Waals surface area (Å²) >= 11 is 0. The number of Topliss-reactive ketones (excluding diaryl/α,β-unsaturated/α-hetero) is 1. The largest absolute Gasteiger partial charge is 0.303 e. The average molecular weight is 224 g/mol. The highest BCUT2D eigenvalue weighted by Crippen LogP contribution is 2.02. The molecular formula is C14H24O2. The Hall–Kier alpha value is -1.44. The normalized spacial score (nSPS) is 8.62. The molecule has 0 amide bonds. The Labute approximate surface area is 99.7 Å². The molecule has 2 nitrogen and oxygen atoms in total. The first kappa shape index (κ1) is 20.0. The van der Waals surface area contributed by atoms with Crippen LogP contribution >= 0.6 is 0 Å². The molecule has 2 heteroatoms. The maximum absolute atomic E-state index is 11.2. The van der Waals surface area contributed by atoms with Crippen molar-refractivity contribution >= 4 is 12.1 Å². The molecule has 0 aromatic heterocycles. The zero-order chi connectivity index (χ0) is 13.4. The van der Waals surface area contributed by atoms with Crippen molar-refractivity contribution in [2.24, 2.45) is 0 Å². The molecule has 0 heterocycles. The lowest BCUT2D eigenvalue weighted by atomic mass is 10.1. The molecule has 0 aliphatic rings. The highest BCUT2D eigenvalue weighted by atomic mass is 16.1. The first-order valence-corrected chi connectivity index (χ1v) is 5.68. The van der Waals surface area contributed by atoms with Crippen molar-refractivity contribution < 1.29 is 9.59 Å². The van der Waals surface area contributed by atoms with Gasteiger partial charge in [-0.1, -0.05) is 59.1 Å². The van der Waals surface area contributed by atoms with Gasteiger partial charge in [0.2, 0.25) is 0 Å². The quantitative estimate of drug-likeness (QED) is 0.390. The molecule has 16 heavy (non-hydrogen) atoms. The number of allylic oxidation sites excluding steroid dienone is 4. The van der Waals surface area contributed by atoms with E-state index in [0.717, 1.165) is 6.29 Å². The molecule has 0 aliphatic heterocycles. The number of hydrogen-bond acceptors (Lipinski definition) is 2. The van der Waals surface area contributed by atoms with Gasteiger partial charge in [-0.25, -0.2) is 0 Å². The van der Waals surface area contributed by atoms with Crippen LogP contribution in [-0.2, 0) is 9.59 Å². The maximum Gasteiger partial charge on any atom is 0.163 e. The van der Waals surface area contributed by atoms with E-state index < -0.39 is 0 Å². The second-order valence-electron chi connectivity index (χ2n) is 2.19. The first-order valence-electron chi connectivity index (χ1n) is 5.68. The summed E-state index contributed by atoms with van der Waals surface area (Å²) in [6, 6.07) is 0. The van der Waals surface area contributed by atoms with E-state index in [2.05, 4.69) is 13.2 Å². The van der Waals surface area contributed by atoms with Crippen LogP contribution in [0.15, 0.2) is 37.0 Å². The van der Waals surface area contributed by atoms with Crippen LogP contribution in [0.4, 0.5) is 0 Å². The summed E-state index contributed by atoms with van der Waals surface area (Å²) in [5.74, 6) is -0.0722. The van der Waals surface area contributed by atoms with E-state index in [1.54, 1.807) is 6.08 Å². The van der Waals surface area contributed by atoms with Gasteiger partial charge in [-0.3, -0.25) is 4.79 Å². The van der Waals surface area contributed by atoms with Gasteiger partial charge in [0.25, 0.3) is 0 Å². The second kappa shape index (κ2) is 19.2. The molecule has 0 saturated carbocycles. The third-order valence-electron chi connectivity index (χ3n) is 1.33. The Morgan fingerprint density at radius 3 is 1.94 bits per heavy atom. The van der Waals surface area contributed by atoms with E-state index in [1.165, 1.54) is 12.2 Å². The van der Waals surface area contributed by atoms with Crippen molar-refractivity contribution in [1.82, 2.24) is 0 Å². The second-order valence-corrected chi connectivity index (χ2v) is 2.19. The summed E-state index contributed by atoms with van der Waals surface area (Å²) in [6.07, 6.45) is 5.81. The van der Waals surface area contributed by atoms with E-state index in [4.69, 9.17) is 0 Å². The van der Waals surface area contributed by atoms with Gasteiger partial charge in [-0.2, -0.15) is 0 Å². The summed E-state index contributed by atoms with van der Waals surface area (Å²) in [5, 5.41) is 0. The molecule has 0 N–H and O–H groups in total. The van der Waals surface area contributed by atoms with E-state index in [9.17, 15) is 9.59 Å². The van der Waals surface area contributed by atoms with Crippen LogP contribution in [0.2, 0.25) is 0 Å². The predicted octanol–water partition coefficient (Wildman–Crippen LogP) is 3.89. The minimum absolute atomic E-state index is 0.0722. The van der Waals surface area contributed by atoms with E-state index in [1.807, 2.05) is 27.7 Å². The Balaban J connectivity index is -0.000000376. The zero-order valence-electron chi connectivity index (χ0n) is 11.0. The van der Waals surface area contributed by atoms with Gasteiger partial charge < -0.3 is 4.79 Å². The van der Waals surface area contributed by atoms with Crippen LogP contribution in [-0.4, -0.2) is 12.1 Å². The summed E-state index contributed by atoms with van der Waals surface area (Å²) in [5.41, 5.74) is 0.506. The molecule has 0 saturated heterocycles. The fourth-order valence-corrected chi connectivity index (χ4v) is 0.736. The zero-order valence-corrected chi connectivity index (χ0v) is 11.0. The number of carbonyl (C=O) groups excluding carboxylic acids is 2. The summed E-state index contributed by atoms with van der Waals surface area (Å²) in [6.45, 7) is 14.9. The van der Waals surface area contributed by atoms with Crippen LogP contribution in [0, 0.1) is 0 Å². The van der Waals surface area contributed by atoms with Gasteiger partial charge in [-0.15, -0.1) is 0 Å². The average Bonchev–Trinajstić information content (AvgIpc) is 2.37. The fraction of sp³-hybridized carbons (Fsp3) is 0.429. The lowest BCUT2D eigenvalue weighted by Gasteiger charge is -1.96. The summed E-state index contributed by atoms with van der Waals surface area (Å²) < 4.78 is 0. The van der Waals surface area contributed by atoms with E-state index >= 15 is 0 Å². The smallest absolute Gasteiger partial charge is 0.163 e. The minimum atomic E-state index is -0.0722. The van der Waals surface area contributed by atoms with Crippen molar-refractivity contribution in [3.63, 3.8) is 0 Å². The van der Waals surface area contributed by atoms with Crippen molar-refractivity contribution in [1.29, 1.82) is 0 Å². The van der Waals surface area contributed by atoms with Gasteiger partial charge in [-0.05, 0) is 0 Å². The van der Waals surface area contributed by atoms with Crippen molar-refractivity contribution in [2.45, 2.75) is 40.5 Å². The van der Waals surface area contributed by atoms with Crippen LogP contribution in [0.1, 0.15) is 40.5 Å². The van der Waals surface area contributed by atoms with Gasteiger partial charge in [0.1, 0.15) is 6.29 Å². The monoisotopic (exact) mass is 224 g/mol. The molecule has 0 fully saturated rings. The predicted molar refractivity (Wildman–Crippen MR) is 71.5 cm³/mol. The van der Waals surface area contributed by atoms with E-state index in [0.29, 0.717) is 5.57 Å². The maximum atomic E-state index is 11.2. The molecule has 0 aromatic rings. The van der Waals surface area contributed by atoms with Crippen LogP contribution in [0.25, 0.3) is 0 Å². The Kier molecular flexibility index (Phi) is 24.0. The molecule has 0 unspecified atom stereocenters. The number of aldehydes is 1. The molecule has 92 valence electrons. The Morgan fingerprint density at radius 1 is 1.12 bits per heavy atom. The summed E-state index contributed by atoms with van der Waals surface area (Å²) in [4.78, 5) is 21.1. The number of rotatable bonds is 6. The minimum Gasteiger partial charge on any atom is -0.303 e. The van der Waals surface area contributed by atoms with Gasteiger partial charge in [0.05, 0.1) is 0 Å². The van der Waals surface area contributed by atoms with Gasteiger partial charge in [0.15, 0.2) is 5.78 Å². The van der Waals surface area contributed by atoms with Crippen LogP contribution in [0.5, 0.6) is 0 Å². The molecule has 0 atom stereocenters. The van der Waals surface area contributed by atoms with Crippen LogP contribution < -0.4 is 0 Å². The molecule has 0 rings (SSSR count). The Bertz CT molecular complexity index is 225. The molecule has 0 bridgehead atoms. The Morgan fingerprint density at radius 2 is 1.62 bits per heavy atom. The van der Waals surface area contributed by atoms with Crippen molar-refractivity contribution in [3.8, 4) is 0 Å². The number of hydrogen-bond donors (Lipinski definition) is 0. The standard InChI is InChI=1S/C10H12O2.2C2H6/c1-3-6-9(4-2)10(12)7-5-8-11;2*1-2/h3-4,6,8H,1-2,5,7H2;2*1-2H3/b9-6+;;. The molecule has 0 radical (unpaired) electrons. The fourth-order valence-electron chi connectivity index (χ4n) is 0.736. The molecule has 0 aromatic carbocycles. The molecule has 0 spiro atoms. The first-order chi connectivity index (χ1) is 7.76. The molecule has 0 aliphatic carbocycles. The lowest BCUT2D eigenvalue weighted by molar-refractivity contribution is -0.117. The topological polar surface area (TPSA) is 34.1 Å². The third-order valence-corrected chi connectivity index (χ3v) is 1.33. The number of carbonyl (C=O) groups is 2. The number of ketones is 1. The van der Waals surface area contributed by atoms with Crippen molar-refractivity contribution in [2.75, 3.05) is 0 Å². The van der Waals surface area contributed by atoms with Gasteiger partial charge >= 0.3 is 0 Å². The molecular weight excluding hydrogens is 200 g/mol. The third kappa shape index (κ3) is 12.6. The van der Waals surface area contributed by atoms with E-state index in [-0.39, 0.29) is 18.6 Å². The lowest BCUT2D eigenvalue weighted by Crippen LogP contribution is -1.99. The highest BCUT2D eigenvalue weighted by molar-refractivity contribution is 5.98. The summed E-state index contributed by atoms with van der Waals surface area (Å²) in [7, 11) is 0. The SMILES string of the molecule is C=C/C=C(\C=C)C(=O)CCC=O.CC.CC.